The summed E-state index contributed by atoms with van der Waals surface area (Å²) in [4.78, 5) is 1.68. The van der Waals surface area contributed by atoms with Gasteiger partial charge in [-0.05, 0) is 42.8 Å². The Morgan fingerprint density at radius 2 is 1.47 bits per heavy atom. The zero-order chi connectivity index (χ0) is 13.6. The van der Waals surface area contributed by atoms with E-state index in [1.54, 1.807) is 4.91 Å². The lowest BCUT2D eigenvalue weighted by Gasteiger charge is -2.11. The van der Waals surface area contributed by atoms with Gasteiger partial charge in [-0.2, -0.15) is 0 Å². The fraction of sp³-hybridized carbons (Fsp3) is 0.889. The van der Waals surface area contributed by atoms with Crippen LogP contribution in [-0.4, -0.2) is 5.75 Å². The monoisotopic (exact) mass is 282 g/mol. The molecule has 112 valence electrons. The van der Waals surface area contributed by atoms with E-state index in [9.17, 15) is 0 Å². The highest BCUT2D eigenvalue weighted by Crippen LogP contribution is 2.28. The number of allylic oxidation sites excluding steroid dienone is 2. The molecule has 0 atom stereocenters. The summed E-state index contributed by atoms with van der Waals surface area (Å²) < 4.78 is 0. The number of unbranched alkanes of at least 4 members (excludes halogenated alkanes) is 9. The maximum absolute atomic E-state index is 2.48. The average Bonchev–Trinajstić information content (AvgIpc) is 2.46. The predicted molar refractivity (Wildman–Crippen MR) is 90.9 cm³/mol. The van der Waals surface area contributed by atoms with Crippen LogP contribution in [0.3, 0.4) is 0 Å². The molecule has 19 heavy (non-hydrogen) atoms. The fourth-order valence-corrected chi connectivity index (χ4v) is 3.87. The van der Waals surface area contributed by atoms with Gasteiger partial charge in [0.2, 0.25) is 0 Å². The molecule has 0 radical (unpaired) electrons. The van der Waals surface area contributed by atoms with Crippen molar-refractivity contribution < 1.29 is 0 Å². The van der Waals surface area contributed by atoms with E-state index in [1.807, 2.05) is 0 Å². The van der Waals surface area contributed by atoms with Crippen molar-refractivity contribution in [2.75, 3.05) is 5.75 Å². The Kier molecular flexibility index (Phi) is 11.8. The van der Waals surface area contributed by atoms with Gasteiger partial charge >= 0.3 is 0 Å². The normalized spacial score (nSPS) is 15.5. The molecule has 0 bridgehead atoms. The molecule has 1 heteroatoms. The van der Waals surface area contributed by atoms with Gasteiger partial charge in [0.15, 0.2) is 0 Å². The van der Waals surface area contributed by atoms with Gasteiger partial charge in [-0.3, -0.25) is 0 Å². The smallest absolute Gasteiger partial charge is 0.00234 e. The molecule has 1 aliphatic carbocycles. The van der Waals surface area contributed by atoms with Crippen LogP contribution in [0.15, 0.2) is 11.0 Å². The van der Waals surface area contributed by atoms with Crippen LogP contribution < -0.4 is 0 Å². The zero-order valence-electron chi connectivity index (χ0n) is 13.1. The molecule has 0 nitrogen and oxygen atoms in total. The van der Waals surface area contributed by atoms with Gasteiger partial charge in [0.05, 0.1) is 0 Å². The second-order valence-electron chi connectivity index (χ2n) is 5.95. The van der Waals surface area contributed by atoms with Gasteiger partial charge in [-0.15, -0.1) is 11.8 Å². The summed E-state index contributed by atoms with van der Waals surface area (Å²) in [7, 11) is 0. The van der Waals surface area contributed by atoms with E-state index < -0.39 is 0 Å². The van der Waals surface area contributed by atoms with Crippen molar-refractivity contribution in [2.45, 2.75) is 96.8 Å². The molecule has 0 N–H and O–H groups in total. The van der Waals surface area contributed by atoms with Crippen LogP contribution in [0.2, 0.25) is 0 Å². The van der Waals surface area contributed by atoms with Crippen LogP contribution >= 0.6 is 11.8 Å². The summed E-state index contributed by atoms with van der Waals surface area (Å²) in [6, 6.07) is 0. The summed E-state index contributed by atoms with van der Waals surface area (Å²) in [6.07, 6.45) is 22.5. The molecule has 0 spiro atoms. The van der Waals surface area contributed by atoms with Gasteiger partial charge in [0, 0.05) is 0 Å². The van der Waals surface area contributed by atoms with Crippen molar-refractivity contribution in [1.82, 2.24) is 0 Å². The number of thioether (sulfide) groups is 1. The molecule has 0 aromatic carbocycles. The highest BCUT2D eigenvalue weighted by Gasteiger charge is 2.03. The first kappa shape index (κ1) is 17.1. The minimum atomic E-state index is 1.33. The standard InChI is InChI=1S/C18H34S/c1-2-3-4-5-6-7-8-9-10-14-17-19-18-15-12-11-13-16-18/h15H,2-14,16-17H2,1H3. The van der Waals surface area contributed by atoms with E-state index in [2.05, 4.69) is 24.8 Å². The summed E-state index contributed by atoms with van der Waals surface area (Å²) in [6.45, 7) is 2.29. The van der Waals surface area contributed by atoms with Crippen LogP contribution in [-0.2, 0) is 0 Å². The van der Waals surface area contributed by atoms with Crippen molar-refractivity contribution in [2.24, 2.45) is 0 Å². The average molecular weight is 283 g/mol. The first-order valence-electron chi connectivity index (χ1n) is 8.75. The van der Waals surface area contributed by atoms with E-state index in [1.165, 1.54) is 95.6 Å². The Labute approximate surface area is 125 Å². The molecule has 1 aliphatic rings. The molecule has 0 unspecified atom stereocenters. The quantitative estimate of drug-likeness (QED) is 0.344. The van der Waals surface area contributed by atoms with Crippen LogP contribution in [0.4, 0.5) is 0 Å². The minimum Gasteiger partial charge on any atom is -0.131 e. The first-order valence-corrected chi connectivity index (χ1v) is 9.74. The third-order valence-corrected chi connectivity index (χ3v) is 5.27. The maximum atomic E-state index is 2.48. The molecule has 0 aromatic heterocycles. The molecule has 0 aliphatic heterocycles. The lowest BCUT2D eigenvalue weighted by atomic mass is 10.1. The molecule has 1 rings (SSSR count). The van der Waals surface area contributed by atoms with E-state index in [-0.39, 0.29) is 0 Å². The second kappa shape index (κ2) is 13.1. The van der Waals surface area contributed by atoms with E-state index in [4.69, 9.17) is 0 Å². The highest BCUT2D eigenvalue weighted by molar-refractivity contribution is 8.03. The summed E-state index contributed by atoms with van der Waals surface area (Å²) >= 11 is 2.14. The molecule has 0 heterocycles. The topological polar surface area (TPSA) is 0 Å². The molecule has 0 aromatic rings. The van der Waals surface area contributed by atoms with Gasteiger partial charge in [0.1, 0.15) is 0 Å². The minimum absolute atomic E-state index is 1.33. The lowest BCUT2D eigenvalue weighted by molar-refractivity contribution is 0.563. The Morgan fingerprint density at radius 3 is 2.05 bits per heavy atom. The van der Waals surface area contributed by atoms with E-state index in [0.717, 1.165) is 0 Å². The third-order valence-electron chi connectivity index (χ3n) is 4.03. The van der Waals surface area contributed by atoms with Crippen LogP contribution in [0, 0.1) is 0 Å². The molecule has 0 saturated heterocycles. The number of rotatable bonds is 12. The maximum Gasteiger partial charge on any atom is -0.00234 e. The van der Waals surface area contributed by atoms with Gasteiger partial charge < -0.3 is 0 Å². The van der Waals surface area contributed by atoms with E-state index >= 15 is 0 Å². The van der Waals surface area contributed by atoms with E-state index in [0.29, 0.717) is 0 Å². The van der Waals surface area contributed by atoms with Crippen LogP contribution in [0.1, 0.15) is 96.8 Å². The van der Waals surface area contributed by atoms with Crippen molar-refractivity contribution in [3.05, 3.63) is 11.0 Å². The summed E-state index contributed by atoms with van der Waals surface area (Å²) in [5, 5.41) is 0. The summed E-state index contributed by atoms with van der Waals surface area (Å²) in [5.41, 5.74) is 0. The molecule has 0 fully saturated rings. The molecule has 0 saturated carbocycles. The Hall–Kier alpha value is 0.0900. The SMILES string of the molecule is CCCCCCCCCCCCSC1=CCCCC1. The van der Waals surface area contributed by atoms with Crippen LogP contribution in [0.5, 0.6) is 0 Å². The van der Waals surface area contributed by atoms with Crippen molar-refractivity contribution in [3.8, 4) is 0 Å². The Bertz CT molecular complexity index is 220. The zero-order valence-corrected chi connectivity index (χ0v) is 13.9. The molecular formula is C18H34S. The number of hydrogen-bond acceptors (Lipinski definition) is 1. The number of hydrogen-bond donors (Lipinski definition) is 0. The van der Waals surface area contributed by atoms with Crippen molar-refractivity contribution in [3.63, 3.8) is 0 Å². The first-order chi connectivity index (χ1) is 9.43. The highest BCUT2D eigenvalue weighted by atomic mass is 32.2. The van der Waals surface area contributed by atoms with Gasteiger partial charge in [-0.1, -0.05) is 70.8 Å². The summed E-state index contributed by atoms with van der Waals surface area (Å²) in [5.74, 6) is 1.36. The van der Waals surface area contributed by atoms with Gasteiger partial charge in [0.25, 0.3) is 0 Å². The lowest BCUT2D eigenvalue weighted by Crippen LogP contribution is -1.90. The van der Waals surface area contributed by atoms with Crippen molar-refractivity contribution in [1.29, 1.82) is 0 Å². The van der Waals surface area contributed by atoms with Crippen molar-refractivity contribution >= 4 is 11.8 Å². The van der Waals surface area contributed by atoms with Gasteiger partial charge in [-0.25, -0.2) is 0 Å². The predicted octanol–water partition coefficient (Wildman–Crippen LogP) is 7.10. The third kappa shape index (κ3) is 10.5. The molecular weight excluding hydrogens is 248 g/mol. The Morgan fingerprint density at radius 1 is 0.842 bits per heavy atom. The fourth-order valence-electron chi connectivity index (χ4n) is 2.73. The molecule has 0 amide bonds. The Balaban J connectivity index is 1.75. The second-order valence-corrected chi connectivity index (χ2v) is 7.17. The van der Waals surface area contributed by atoms with Crippen LogP contribution in [0.25, 0.3) is 0 Å². The largest absolute Gasteiger partial charge is 0.131 e.